The molecule has 0 N–H and O–H groups in total. The minimum atomic E-state index is 0.141. The van der Waals surface area contributed by atoms with Crippen molar-refractivity contribution in [2.75, 3.05) is 19.6 Å². The molecule has 2 aromatic heterocycles. The van der Waals surface area contributed by atoms with E-state index in [4.69, 9.17) is 0 Å². The van der Waals surface area contributed by atoms with Gasteiger partial charge in [-0.15, -0.1) is 11.3 Å². The second-order valence-corrected chi connectivity index (χ2v) is 9.25. The molecule has 138 valence electrons. The Bertz CT molecular complexity index is 792. The maximum Gasteiger partial charge on any atom is 0.254 e. The molecular formula is C19H23N3O2S2. The van der Waals surface area contributed by atoms with Crippen LogP contribution in [0.4, 0.5) is 0 Å². The summed E-state index contributed by atoms with van der Waals surface area (Å²) >= 11 is 3.19. The van der Waals surface area contributed by atoms with Crippen LogP contribution >= 0.6 is 22.7 Å². The second-order valence-electron chi connectivity index (χ2n) is 7.41. The lowest BCUT2D eigenvalue weighted by Crippen LogP contribution is -2.52. The van der Waals surface area contributed by atoms with Crippen LogP contribution in [0.5, 0.6) is 0 Å². The topological polar surface area (TPSA) is 53.5 Å². The summed E-state index contributed by atoms with van der Waals surface area (Å²) in [5, 5.41) is 6.96. The fourth-order valence-corrected chi connectivity index (χ4v) is 5.32. The van der Waals surface area contributed by atoms with E-state index >= 15 is 0 Å². The van der Waals surface area contributed by atoms with Gasteiger partial charge >= 0.3 is 0 Å². The molecule has 0 atom stereocenters. The number of aromatic nitrogens is 1. The highest BCUT2D eigenvalue weighted by Crippen LogP contribution is 2.41. The Balaban J connectivity index is 1.40. The second kappa shape index (κ2) is 7.12. The lowest BCUT2D eigenvalue weighted by molar-refractivity contribution is -0.139. The summed E-state index contributed by atoms with van der Waals surface area (Å²) < 4.78 is 0. The summed E-state index contributed by atoms with van der Waals surface area (Å²) in [5.74, 6) is 0.376. The first-order chi connectivity index (χ1) is 12.5. The van der Waals surface area contributed by atoms with Crippen molar-refractivity contribution in [3.05, 3.63) is 38.5 Å². The third-order valence-electron chi connectivity index (χ3n) is 5.65. The van der Waals surface area contributed by atoms with Crippen LogP contribution in [0, 0.1) is 12.3 Å². The third kappa shape index (κ3) is 3.55. The standard InChI is InChI=1S/C19H23N3O2S2/c1-14-20-16(12-26-14)10-22-13-19(4-2-17(22)23)5-7-21(8-6-19)18(24)15-3-9-25-11-15/h3,9,11-12H,2,4-8,10,13H2,1H3. The lowest BCUT2D eigenvalue weighted by Gasteiger charge is -2.47. The van der Waals surface area contributed by atoms with Gasteiger partial charge in [-0.05, 0) is 43.0 Å². The summed E-state index contributed by atoms with van der Waals surface area (Å²) in [7, 11) is 0. The van der Waals surface area contributed by atoms with Gasteiger partial charge in [0, 0.05) is 36.8 Å². The van der Waals surface area contributed by atoms with Crippen LogP contribution in [0.3, 0.4) is 0 Å². The molecular weight excluding hydrogens is 366 g/mol. The van der Waals surface area contributed by atoms with Gasteiger partial charge in [0.15, 0.2) is 0 Å². The van der Waals surface area contributed by atoms with Crippen LogP contribution < -0.4 is 0 Å². The van der Waals surface area contributed by atoms with E-state index < -0.39 is 0 Å². The summed E-state index contributed by atoms with van der Waals surface area (Å²) in [6.45, 7) is 4.97. The van der Waals surface area contributed by atoms with Crippen LogP contribution in [-0.4, -0.2) is 46.2 Å². The van der Waals surface area contributed by atoms with Gasteiger partial charge in [-0.25, -0.2) is 4.98 Å². The van der Waals surface area contributed by atoms with Crippen molar-refractivity contribution in [1.82, 2.24) is 14.8 Å². The number of amides is 2. The summed E-state index contributed by atoms with van der Waals surface area (Å²) in [5.41, 5.74) is 1.94. The molecule has 5 nitrogen and oxygen atoms in total. The number of carbonyl (C=O) groups is 2. The molecule has 2 aliphatic rings. The monoisotopic (exact) mass is 389 g/mol. The molecule has 4 rings (SSSR count). The summed E-state index contributed by atoms with van der Waals surface area (Å²) in [6.07, 6.45) is 3.51. The molecule has 0 aliphatic carbocycles. The molecule has 2 aliphatic heterocycles. The average molecular weight is 390 g/mol. The number of piperidine rings is 2. The van der Waals surface area contributed by atoms with Gasteiger partial charge in [0.1, 0.15) is 0 Å². The van der Waals surface area contributed by atoms with Crippen molar-refractivity contribution in [2.45, 2.75) is 39.2 Å². The van der Waals surface area contributed by atoms with E-state index in [1.54, 1.807) is 22.7 Å². The molecule has 0 bridgehead atoms. The first-order valence-corrected chi connectivity index (χ1v) is 10.9. The van der Waals surface area contributed by atoms with E-state index in [-0.39, 0.29) is 17.2 Å². The molecule has 2 aromatic rings. The van der Waals surface area contributed by atoms with Crippen molar-refractivity contribution in [1.29, 1.82) is 0 Å². The molecule has 0 aromatic carbocycles. The minimum absolute atomic E-state index is 0.141. The number of rotatable bonds is 3. The van der Waals surface area contributed by atoms with Crippen molar-refractivity contribution >= 4 is 34.5 Å². The normalized spacial score (nSPS) is 20.0. The van der Waals surface area contributed by atoms with Gasteiger partial charge in [-0.1, -0.05) is 0 Å². The molecule has 0 radical (unpaired) electrons. The Labute approximate surface area is 161 Å². The van der Waals surface area contributed by atoms with Crippen LogP contribution in [0.25, 0.3) is 0 Å². The van der Waals surface area contributed by atoms with Crippen LogP contribution in [0.2, 0.25) is 0 Å². The van der Waals surface area contributed by atoms with E-state index in [2.05, 4.69) is 4.98 Å². The molecule has 4 heterocycles. The van der Waals surface area contributed by atoms with Crippen molar-refractivity contribution in [2.24, 2.45) is 5.41 Å². The van der Waals surface area contributed by atoms with E-state index in [0.29, 0.717) is 13.0 Å². The quantitative estimate of drug-likeness (QED) is 0.807. The molecule has 2 amide bonds. The number of thiophene rings is 1. The van der Waals surface area contributed by atoms with E-state index in [0.717, 1.165) is 55.2 Å². The average Bonchev–Trinajstić information content (AvgIpc) is 3.31. The smallest absolute Gasteiger partial charge is 0.254 e. The van der Waals surface area contributed by atoms with Gasteiger partial charge in [0.05, 0.1) is 22.8 Å². The maximum atomic E-state index is 12.6. The molecule has 1 spiro atoms. The molecule has 2 saturated heterocycles. The number of thiazole rings is 1. The van der Waals surface area contributed by atoms with Crippen LogP contribution in [-0.2, 0) is 11.3 Å². The molecule has 2 fully saturated rings. The predicted molar refractivity (Wildman–Crippen MR) is 103 cm³/mol. The minimum Gasteiger partial charge on any atom is -0.339 e. The lowest BCUT2D eigenvalue weighted by atomic mass is 9.72. The highest BCUT2D eigenvalue weighted by atomic mass is 32.1. The SMILES string of the molecule is Cc1nc(CN2CC3(CCC2=O)CCN(C(=O)c2ccsc2)CC3)cs1. The Morgan fingerprint density at radius 2 is 2.08 bits per heavy atom. The van der Waals surface area contributed by atoms with Crippen LogP contribution in [0.15, 0.2) is 22.2 Å². The van der Waals surface area contributed by atoms with Crippen molar-refractivity contribution in [3.8, 4) is 0 Å². The fourth-order valence-electron chi connectivity index (χ4n) is 4.08. The first-order valence-electron chi connectivity index (χ1n) is 9.05. The summed E-state index contributed by atoms with van der Waals surface area (Å²) in [4.78, 5) is 33.4. The van der Waals surface area contributed by atoms with Crippen LogP contribution in [0.1, 0.15) is 46.7 Å². The highest BCUT2D eigenvalue weighted by molar-refractivity contribution is 7.09. The number of aryl methyl sites for hydroxylation is 1. The number of hydrogen-bond acceptors (Lipinski definition) is 5. The van der Waals surface area contributed by atoms with Gasteiger partial charge in [0.25, 0.3) is 5.91 Å². The van der Waals surface area contributed by atoms with Crippen molar-refractivity contribution < 1.29 is 9.59 Å². The number of hydrogen-bond donors (Lipinski definition) is 0. The third-order valence-corrected chi connectivity index (χ3v) is 7.15. The Morgan fingerprint density at radius 1 is 1.27 bits per heavy atom. The molecule has 0 unspecified atom stereocenters. The van der Waals surface area contributed by atoms with E-state index in [1.165, 1.54) is 0 Å². The molecule has 0 saturated carbocycles. The van der Waals surface area contributed by atoms with Gasteiger partial charge in [-0.2, -0.15) is 11.3 Å². The largest absolute Gasteiger partial charge is 0.339 e. The number of likely N-dealkylation sites (tertiary alicyclic amines) is 2. The first kappa shape index (κ1) is 17.7. The Kier molecular flexibility index (Phi) is 4.84. The Hall–Kier alpha value is -1.73. The van der Waals surface area contributed by atoms with Gasteiger partial charge < -0.3 is 9.80 Å². The predicted octanol–water partition coefficient (Wildman–Crippen LogP) is 3.56. The zero-order valence-corrected chi connectivity index (χ0v) is 16.6. The summed E-state index contributed by atoms with van der Waals surface area (Å²) in [6, 6.07) is 1.90. The van der Waals surface area contributed by atoms with Crippen molar-refractivity contribution in [3.63, 3.8) is 0 Å². The zero-order chi connectivity index (χ0) is 18.1. The van der Waals surface area contributed by atoms with E-state index in [9.17, 15) is 9.59 Å². The van der Waals surface area contributed by atoms with Gasteiger partial charge in [0.2, 0.25) is 5.91 Å². The molecule has 7 heteroatoms. The fraction of sp³-hybridized carbons (Fsp3) is 0.526. The van der Waals surface area contributed by atoms with E-state index in [1.807, 2.05) is 38.9 Å². The number of nitrogens with zero attached hydrogens (tertiary/aromatic N) is 3. The molecule has 26 heavy (non-hydrogen) atoms. The Morgan fingerprint density at radius 3 is 2.73 bits per heavy atom. The number of carbonyl (C=O) groups excluding carboxylic acids is 2. The maximum absolute atomic E-state index is 12.6. The highest BCUT2D eigenvalue weighted by Gasteiger charge is 2.41. The zero-order valence-electron chi connectivity index (χ0n) is 14.9. The van der Waals surface area contributed by atoms with Gasteiger partial charge in [-0.3, -0.25) is 9.59 Å².